The summed E-state index contributed by atoms with van der Waals surface area (Å²) in [6.07, 6.45) is 0. The molecular formula is C18H15NO4S. The van der Waals surface area contributed by atoms with Gasteiger partial charge >= 0.3 is 5.97 Å². The number of aromatic nitrogens is 1. The molecule has 1 heterocycles. The van der Waals surface area contributed by atoms with Crippen molar-refractivity contribution in [1.82, 2.24) is 4.98 Å². The molecule has 0 aliphatic heterocycles. The summed E-state index contributed by atoms with van der Waals surface area (Å²) in [6, 6.07) is 14.8. The first-order valence-corrected chi connectivity index (χ1v) is 8.24. The molecule has 0 fully saturated rings. The van der Waals surface area contributed by atoms with Crippen LogP contribution >= 0.6 is 11.3 Å². The maximum absolute atomic E-state index is 10.9. The third-order valence-electron chi connectivity index (χ3n) is 3.20. The Morgan fingerprint density at radius 3 is 2.46 bits per heavy atom. The first kappa shape index (κ1) is 16.0. The first-order chi connectivity index (χ1) is 11.7. The second kappa shape index (κ2) is 7.14. The van der Waals surface area contributed by atoms with E-state index in [1.165, 1.54) is 16.7 Å². The summed E-state index contributed by atoms with van der Waals surface area (Å²) in [5, 5.41) is 11.1. The Balaban J connectivity index is 1.78. The Morgan fingerprint density at radius 1 is 1.12 bits per heavy atom. The molecule has 0 saturated heterocycles. The Bertz CT molecular complexity index is 842. The fourth-order valence-corrected chi connectivity index (χ4v) is 2.91. The normalized spacial score (nSPS) is 10.4. The second-order valence-electron chi connectivity index (χ2n) is 4.85. The molecule has 2 aromatic carbocycles. The van der Waals surface area contributed by atoms with E-state index in [1.54, 1.807) is 0 Å². The van der Waals surface area contributed by atoms with Gasteiger partial charge in [-0.15, -0.1) is 11.3 Å². The van der Waals surface area contributed by atoms with Crippen LogP contribution in [0.2, 0.25) is 0 Å². The van der Waals surface area contributed by atoms with Crippen molar-refractivity contribution in [2.75, 3.05) is 6.61 Å². The van der Waals surface area contributed by atoms with Gasteiger partial charge < -0.3 is 14.6 Å². The summed E-state index contributed by atoms with van der Waals surface area (Å²) in [7, 11) is 0. The number of hydrogen-bond donors (Lipinski definition) is 1. The van der Waals surface area contributed by atoms with Gasteiger partial charge in [0.1, 0.15) is 10.8 Å². The molecule has 6 heteroatoms. The molecule has 0 amide bonds. The minimum atomic E-state index is -1.02. The molecule has 0 unspecified atom stereocenters. The van der Waals surface area contributed by atoms with Crippen LogP contribution in [-0.2, 0) is 0 Å². The van der Waals surface area contributed by atoms with Gasteiger partial charge in [-0.25, -0.2) is 9.78 Å². The number of nitrogens with zero attached hydrogens (tertiary/aromatic N) is 1. The van der Waals surface area contributed by atoms with E-state index in [4.69, 9.17) is 14.6 Å². The number of thiazole rings is 1. The predicted molar refractivity (Wildman–Crippen MR) is 92.2 cm³/mol. The number of hydrogen-bond acceptors (Lipinski definition) is 5. The number of carboxylic acids is 1. The van der Waals surface area contributed by atoms with Crippen LogP contribution in [0.1, 0.15) is 17.4 Å². The monoisotopic (exact) mass is 341 g/mol. The van der Waals surface area contributed by atoms with Gasteiger partial charge in [0.25, 0.3) is 0 Å². The number of carbonyl (C=O) groups is 1. The second-order valence-corrected chi connectivity index (χ2v) is 5.71. The number of aromatic carboxylic acids is 1. The maximum atomic E-state index is 10.9. The van der Waals surface area contributed by atoms with Crippen LogP contribution in [0.5, 0.6) is 17.2 Å². The number of rotatable bonds is 6. The fourth-order valence-electron chi connectivity index (χ4n) is 2.11. The van der Waals surface area contributed by atoms with Crippen LogP contribution in [-0.4, -0.2) is 22.7 Å². The minimum absolute atomic E-state index is 0.0565. The SMILES string of the molecule is CCOc1ccccc1Oc1ccc(-c2nc(C(=O)O)cs2)cc1. The van der Waals surface area contributed by atoms with Crippen molar-refractivity contribution >= 4 is 17.3 Å². The summed E-state index contributed by atoms with van der Waals surface area (Å²) >= 11 is 1.30. The lowest BCUT2D eigenvalue weighted by Crippen LogP contribution is -1.95. The largest absolute Gasteiger partial charge is 0.490 e. The maximum Gasteiger partial charge on any atom is 0.355 e. The lowest BCUT2D eigenvalue weighted by atomic mass is 10.2. The zero-order valence-corrected chi connectivity index (χ0v) is 13.7. The molecule has 0 spiro atoms. The zero-order chi connectivity index (χ0) is 16.9. The van der Waals surface area contributed by atoms with Crippen LogP contribution in [0.15, 0.2) is 53.9 Å². The number of carboxylic acid groups (broad SMARTS) is 1. The van der Waals surface area contributed by atoms with Crippen LogP contribution < -0.4 is 9.47 Å². The first-order valence-electron chi connectivity index (χ1n) is 7.36. The van der Waals surface area contributed by atoms with Crippen molar-refractivity contribution in [2.45, 2.75) is 6.92 Å². The van der Waals surface area contributed by atoms with Gasteiger partial charge in [0.05, 0.1) is 6.61 Å². The molecule has 0 atom stereocenters. The number of ether oxygens (including phenoxy) is 2. The van der Waals surface area contributed by atoms with Crippen molar-refractivity contribution < 1.29 is 19.4 Å². The lowest BCUT2D eigenvalue weighted by molar-refractivity contribution is 0.0691. The summed E-state index contributed by atoms with van der Waals surface area (Å²) in [6.45, 7) is 2.49. The number of para-hydroxylation sites is 2. The lowest BCUT2D eigenvalue weighted by Gasteiger charge is -2.11. The molecule has 5 nitrogen and oxygen atoms in total. The van der Waals surface area contributed by atoms with Crippen LogP contribution in [0, 0.1) is 0 Å². The van der Waals surface area contributed by atoms with E-state index >= 15 is 0 Å². The van der Waals surface area contributed by atoms with Crippen molar-refractivity contribution in [3.05, 3.63) is 59.6 Å². The van der Waals surface area contributed by atoms with Crippen LogP contribution in [0.4, 0.5) is 0 Å². The van der Waals surface area contributed by atoms with Crippen molar-refractivity contribution in [2.24, 2.45) is 0 Å². The molecule has 3 rings (SSSR count). The average Bonchev–Trinajstić information content (AvgIpc) is 3.08. The van der Waals surface area contributed by atoms with Crippen molar-refractivity contribution in [1.29, 1.82) is 0 Å². The van der Waals surface area contributed by atoms with Gasteiger partial charge in [0.2, 0.25) is 0 Å². The molecule has 24 heavy (non-hydrogen) atoms. The van der Waals surface area contributed by atoms with Gasteiger partial charge in [0, 0.05) is 10.9 Å². The highest BCUT2D eigenvalue weighted by Crippen LogP contribution is 2.32. The zero-order valence-electron chi connectivity index (χ0n) is 12.9. The summed E-state index contributed by atoms with van der Waals surface area (Å²) in [4.78, 5) is 15.0. The number of benzene rings is 2. The van der Waals surface area contributed by atoms with Crippen molar-refractivity contribution in [3.8, 4) is 27.8 Å². The average molecular weight is 341 g/mol. The van der Waals surface area contributed by atoms with Gasteiger partial charge in [0.15, 0.2) is 17.2 Å². The fraction of sp³-hybridized carbons (Fsp3) is 0.111. The van der Waals surface area contributed by atoms with Gasteiger partial charge in [-0.2, -0.15) is 0 Å². The Morgan fingerprint density at radius 2 is 1.83 bits per heavy atom. The predicted octanol–water partition coefficient (Wildman–Crippen LogP) is 4.70. The minimum Gasteiger partial charge on any atom is -0.490 e. The third-order valence-corrected chi connectivity index (χ3v) is 4.09. The van der Waals surface area contributed by atoms with E-state index in [9.17, 15) is 4.79 Å². The molecule has 0 bridgehead atoms. The molecule has 1 aromatic heterocycles. The molecule has 3 aromatic rings. The highest BCUT2D eigenvalue weighted by molar-refractivity contribution is 7.13. The quantitative estimate of drug-likeness (QED) is 0.704. The van der Waals surface area contributed by atoms with E-state index in [1.807, 2.05) is 55.5 Å². The molecular weight excluding hydrogens is 326 g/mol. The highest BCUT2D eigenvalue weighted by atomic mass is 32.1. The summed E-state index contributed by atoms with van der Waals surface area (Å²) < 4.78 is 11.4. The van der Waals surface area contributed by atoms with E-state index in [0.717, 1.165) is 5.56 Å². The van der Waals surface area contributed by atoms with Crippen molar-refractivity contribution in [3.63, 3.8) is 0 Å². The Kier molecular flexibility index (Phi) is 4.77. The van der Waals surface area contributed by atoms with Gasteiger partial charge in [-0.1, -0.05) is 12.1 Å². The van der Waals surface area contributed by atoms with Crippen LogP contribution in [0.3, 0.4) is 0 Å². The topological polar surface area (TPSA) is 68.7 Å². The van der Waals surface area contributed by atoms with E-state index in [2.05, 4.69) is 4.98 Å². The molecule has 0 aliphatic carbocycles. The third kappa shape index (κ3) is 3.55. The highest BCUT2D eigenvalue weighted by Gasteiger charge is 2.10. The van der Waals surface area contributed by atoms with Crippen LogP contribution in [0.25, 0.3) is 10.6 Å². The molecule has 122 valence electrons. The van der Waals surface area contributed by atoms with Gasteiger partial charge in [-0.05, 0) is 43.3 Å². The smallest absolute Gasteiger partial charge is 0.355 e. The molecule has 1 N–H and O–H groups in total. The molecule has 0 radical (unpaired) electrons. The Labute approximate surface area is 143 Å². The van der Waals surface area contributed by atoms with E-state index in [0.29, 0.717) is 28.9 Å². The van der Waals surface area contributed by atoms with E-state index in [-0.39, 0.29) is 5.69 Å². The summed E-state index contributed by atoms with van der Waals surface area (Å²) in [5.74, 6) is 0.982. The molecule has 0 saturated carbocycles. The standard InChI is InChI=1S/C18H15NO4S/c1-2-22-15-5-3-4-6-16(15)23-13-9-7-12(8-10-13)17-19-14(11-24-17)18(20)21/h3-11H,2H2,1H3,(H,20,21). The Hall–Kier alpha value is -2.86. The van der Waals surface area contributed by atoms with Gasteiger partial charge in [-0.3, -0.25) is 0 Å². The van der Waals surface area contributed by atoms with E-state index < -0.39 is 5.97 Å². The summed E-state index contributed by atoms with van der Waals surface area (Å²) in [5.41, 5.74) is 0.902. The molecule has 0 aliphatic rings.